The Morgan fingerprint density at radius 1 is 0.968 bits per heavy atom. The first-order valence-corrected chi connectivity index (χ1v) is 10.5. The lowest BCUT2D eigenvalue weighted by molar-refractivity contribution is -0.147. The molecule has 0 saturated heterocycles. The van der Waals surface area contributed by atoms with Gasteiger partial charge in [-0.2, -0.15) is 0 Å². The van der Waals surface area contributed by atoms with Crippen LogP contribution < -0.4 is 5.32 Å². The van der Waals surface area contributed by atoms with Crippen molar-refractivity contribution in [1.82, 2.24) is 4.90 Å². The SMILES string of the molecule is COC(=O)C1(N2Cc3ccc(-c4ccc(Nc5ccc(Cl)cc5)cc4)cc3C2=O)CC1. The molecule has 0 bridgehead atoms. The summed E-state index contributed by atoms with van der Waals surface area (Å²) in [6.07, 6.45) is 1.32. The van der Waals surface area contributed by atoms with Gasteiger partial charge in [-0.15, -0.1) is 0 Å². The van der Waals surface area contributed by atoms with Crippen LogP contribution in [-0.2, 0) is 16.1 Å². The average Bonchev–Trinajstić information content (AvgIpc) is 3.54. The molecule has 6 heteroatoms. The predicted molar refractivity (Wildman–Crippen MR) is 120 cm³/mol. The zero-order valence-corrected chi connectivity index (χ0v) is 17.8. The summed E-state index contributed by atoms with van der Waals surface area (Å²) in [7, 11) is 1.37. The number of amides is 1. The van der Waals surface area contributed by atoms with Crippen LogP contribution in [0.1, 0.15) is 28.8 Å². The number of rotatable bonds is 5. The number of halogens is 1. The number of hydrogen-bond acceptors (Lipinski definition) is 4. The number of nitrogens with one attached hydrogen (secondary N) is 1. The Hall–Kier alpha value is -3.31. The normalized spacial score (nSPS) is 16.1. The van der Waals surface area contributed by atoms with Gasteiger partial charge in [-0.25, -0.2) is 4.79 Å². The summed E-state index contributed by atoms with van der Waals surface area (Å²) in [6.45, 7) is 0.452. The van der Waals surface area contributed by atoms with Crippen LogP contribution in [0.15, 0.2) is 66.7 Å². The maximum atomic E-state index is 13.1. The monoisotopic (exact) mass is 432 g/mol. The van der Waals surface area contributed by atoms with Gasteiger partial charge in [0.25, 0.3) is 5.91 Å². The van der Waals surface area contributed by atoms with Gasteiger partial charge >= 0.3 is 5.97 Å². The van der Waals surface area contributed by atoms with Crippen LogP contribution in [0, 0.1) is 0 Å². The summed E-state index contributed by atoms with van der Waals surface area (Å²) in [5.41, 5.74) is 4.74. The highest BCUT2D eigenvalue weighted by molar-refractivity contribution is 6.30. The molecule has 2 aliphatic rings. The van der Waals surface area contributed by atoms with Crippen molar-refractivity contribution in [2.45, 2.75) is 24.9 Å². The quantitative estimate of drug-likeness (QED) is 0.547. The molecule has 3 aromatic rings. The van der Waals surface area contributed by atoms with Crippen LogP contribution in [0.25, 0.3) is 11.1 Å². The fourth-order valence-electron chi connectivity index (χ4n) is 4.16. The van der Waals surface area contributed by atoms with E-state index in [-0.39, 0.29) is 11.9 Å². The highest BCUT2D eigenvalue weighted by Gasteiger charge is 2.59. The number of ether oxygens (including phenoxy) is 1. The maximum absolute atomic E-state index is 13.1. The van der Waals surface area contributed by atoms with E-state index in [1.165, 1.54) is 7.11 Å². The second-order valence-electron chi connectivity index (χ2n) is 8.00. The first-order chi connectivity index (χ1) is 15.0. The van der Waals surface area contributed by atoms with E-state index in [9.17, 15) is 9.59 Å². The van der Waals surface area contributed by atoms with Crippen molar-refractivity contribution in [3.8, 4) is 11.1 Å². The number of fused-ring (bicyclic) bond motifs is 1. The largest absolute Gasteiger partial charge is 0.467 e. The molecule has 1 N–H and O–H groups in total. The molecular weight excluding hydrogens is 412 g/mol. The van der Waals surface area contributed by atoms with Gasteiger partial charge in [0, 0.05) is 28.5 Å². The van der Waals surface area contributed by atoms with Crippen molar-refractivity contribution in [3.63, 3.8) is 0 Å². The van der Waals surface area contributed by atoms with Gasteiger partial charge in [-0.1, -0.05) is 35.9 Å². The Morgan fingerprint density at radius 2 is 1.58 bits per heavy atom. The molecule has 1 amide bonds. The highest BCUT2D eigenvalue weighted by atomic mass is 35.5. The molecule has 5 rings (SSSR count). The van der Waals surface area contributed by atoms with E-state index in [0.717, 1.165) is 28.1 Å². The van der Waals surface area contributed by atoms with Gasteiger partial charge < -0.3 is 15.0 Å². The van der Waals surface area contributed by atoms with E-state index < -0.39 is 5.54 Å². The van der Waals surface area contributed by atoms with E-state index >= 15 is 0 Å². The fraction of sp³-hybridized carbons (Fsp3) is 0.200. The molecular formula is C25H21ClN2O3. The minimum atomic E-state index is -0.778. The molecule has 0 atom stereocenters. The second-order valence-corrected chi connectivity index (χ2v) is 8.43. The summed E-state index contributed by atoms with van der Waals surface area (Å²) in [5, 5.41) is 4.04. The Kier molecular flexibility index (Phi) is 4.71. The Balaban J connectivity index is 1.36. The fourth-order valence-corrected chi connectivity index (χ4v) is 4.29. The first-order valence-electron chi connectivity index (χ1n) is 10.2. The van der Waals surface area contributed by atoms with Crippen molar-refractivity contribution in [3.05, 3.63) is 82.9 Å². The Morgan fingerprint density at radius 3 is 2.19 bits per heavy atom. The van der Waals surface area contributed by atoms with Gasteiger partial charge in [0.15, 0.2) is 0 Å². The standard InChI is InChI=1S/C25H21ClN2O3/c1-31-24(30)25(12-13-25)28-15-18-3-2-17(14-22(18)23(28)29)16-4-8-20(9-5-16)27-21-10-6-19(26)7-11-21/h2-11,14,27H,12-13,15H2,1H3. The average molecular weight is 433 g/mol. The van der Waals surface area contributed by atoms with Crippen molar-refractivity contribution in [2.75, 3.05) is 12.4 Å². The molecule has 5 nitrogen and oxygen atoms in total. The molecule has 1 fully saturated rings. The molecule has 1 heterocycles. The number of carbonyl (C=O) groups excluding carboxylic acids is 2. The van der Waals surface area contributed by atoms with Crippen LogP contribution in [0.3, 0.4) is 0 Å². The molecule has 156 valence electrons. The maximum Gasteiger partial charge on any atom is 0.331 e. The van der Waals surface area contributed by atoms with Gasteiger partial charge in [-0.3, -0.25) is 4.79 Å². The van der Waals surface area contributed by atoms with Crippen LogP contribution in [0.4, 0.5) is 11.4 Å². The zero-order chi connectivity index (χ0) is 21.6. The number of nitrogens with zero attached hydrogens (tertiary/aromatic N) is 1. The van der Waals surface area contributed by atoms with E-state index in [1.54, 1.807) is 4.90 Å². The summed E-state index contributed by atoms with van der Waals surface area (Å²) in [4.78, 5) is 27.0. The van der Waals surface area contributed by atoms with Crippen molar-refractivity contribution < 1.29 is 14.3 Å². The molecule has 0 radical (unpaired) electrons. The van der Waals surface area contributed by atoms with E-state index in [1.807, 2.05) is 66.7 Å². The first kappa shape index (κ1) is 19.6. The van der Waals surface area contributed by atoms with E-state index in [4.69, 9.17) is 16.3 Å². The van der Waals surface area contributed by atoms with Crippen LogP contribution in [0.5, 0.6) is 0 Å². The van der Waals surface area contributed by atoms with Gasteiger partial charge in [0.1, 0.15) is 5.54 Å². The lowest BCUT2D eigenvalue weighted by Crippen LogP contribution is -2.44. The Labute approximate surface area is 185 Å². The van der Waals surface area contributed by atoms with E-state index in [2.05, 4.69) is 5.32 Å². The minimum absolute atomic E-state index is 0.0965. The third kappa shape index (κ3) is 3.45. The number of benzene rings is 3. The summed E-state index contributed by atoms with van der Waals surface area (Å²) < 4.78 is 4.94. The minimum Gasteiger partial charge on any atom is -0.467 e. The summed E-state index contributed by atoms with van der Waals surface area (Å²) in [6, 6.07) is 21.5. The topological polar surface area (TPSA) is 58.6 Å². The van der Waals surface area contributed by atoms with Gasteiger partial charge in [-0.05, 0) is 72.0 Å². The number of methoxy groups -OCH3 is 1. The summed E-state index contributed by atoms with van der Waals surface area (Å²) in [5.74, 6) is -0.418. The molecule has 1 aliphatic carbocycles. The molecule has 3 aromatic carbocycles. The third-order valence-electron chi connectivity index (χ3n) is 6.07. The Bertz CT molecular complexity index is 1170. The van der Waals surface area contributed by atoms with Crippen molar-refractivity contribution in [2.24, 2.45) is 0 Å². The van der Waals surface area contributed by atoms with E-state index in [0.29, 0.717) is 30.0 Å². The predicted octanol–water partition coefficient (Wildman–Crippen LogP) is 5.41. The number of anilines is 2. The number of carbonyl (C=O) groups is 2. The second kappa shape index (κ2) is 7.43. The highest BCUT2D eigenvalue weighted by Crippen LogP contribution is 2.47. The van der Waals surface area contributed by atoms with Crippen molar-refractivity contribution in [1.29, 1.82) is 0 Å². The smallest absolute Gasteiger partial charge is 0.331 e. The number of esters is 1. The molecule has 0 spiro atoms. The lowest BCUT2D eigenvalue weighted by atomic mass is 10.00. The number of hydrogen-bond donors (Lipinski definition) is 1. The van der Waals surface area contributed by atoms with Gasteiger partial charge in [0.2, 0.25) is 0 Å². The molecule has 1 saturated carbocycles. The zero-order valence-electron chi connectivity index (χ0n) is 17.0. The van der Waals surface area contributed by atoms with Crippen LogP contribution in [-0.4, -0.2) is 29.4 Å². The molecule has 0 aromatic heterocycles. The molecule has 1 aliphatic heterocycles. The summed E-state index contributed by atoms with van der Waals surface area (Å²) >= 11 is 5.94. The lowest BCUT2D eigenvalue weighted by Gasteiger charge is -2.25. The van der Waals surface area contributed by atoms with Crippen molar-refractivity contribution >= 4 is 34.9 Å². The molecule has 0 unspecified atom stereocenters. The van der Waals surface area contributed by atoms with Crippen LogP contribution >= 0.6 is 11.6 Å². The van der Waals surface area contributed by atoms with Crippen LogP contribution in [0.2, 0.25) is 5.02 Å². The molecule has 31 heavy (non-hydrogen) atoms. The third-order valence-corrected chi connectivity index (χ3v) is 6.32. The van der Waals surface area contributed by atoms with Gasteiger partial charge in [0.05, 0.1) is 7.11 Å².